The molecule has 1 aromatic heterocycles. The Labute approximate surface area is 103 Å². The fourth-order valence-electron chi connectivity index (χ4n) is 2.51. The molecule has 0 aromatic carbocycles. The monoisotopic (exact) mass is 238 g/mol. The van der Waals surface area contributed by atoms with Gasteiger partial charge in [-0.15, -0.1) is 11.3 Å². The van der Waals surface area contributed by atoms with Crippen molar-refractivity contribution < 1.29 is 0 Å². The molecule has 2 rings (SSSR count). The second-order valence-corrected chi connectivity index (χ2v) is 5.62. The number of rotatable bonds is 5. The molecular formula is C13H22N2S. The lowest BCUT2D eigenvalue weighted by Gasteiger charge is -2.35. The highest BCUT2D eigenvalue weighted by Gasteiger charge is 2.21. The van der Waals surface area contributed by atoms with Crippen LogP contribution in [0.2, 0.25) is 0 Å². The number of nitrogens with zero attached hydrogens (tertiary/aromatic N) is 1. The molecular weight excluding hydrogens is 216 g/mol. The summed E-state index contributed by atoms with van der Waals surface area (Å²) in [5, 5.41) is 5.45. The normalized spacial score (nSPS) is 22.4. The molecule has 1 N–H and O–H groups in total. The van der Waals surface area contributed by atoms with Crippen LogP contribution in [0.4, 0.5) is 0 Å². The van der Waals surface area contributed by atoms with Gasteiger partial charge in [-0.2, -0.15) is 0 Å². The van der Waals surface area contributed by atoms with Crippen LogP contribution in [-0.4, -0.2) is 31.1 Å². The molecule has 2 nitrogen and oxygen atoms in total. The standard InChI is InChI=1S/C13H22N2S/c1-14-8-7-12-5-2-3-9-15(12)11-13-6-4-10-16-13/h4,6,10,12,14H,2-3,5,7-9,11H2,1H3. The maximum atomic E-state index is 3.27. The fraction of sp³-hybridized carbons (Fsp3) is 0.692. The zero-order valence-electron chi connectivity index (χ0n) is 10.1. The summed E-state index contributed by atoms with van der Waals surface area (Å²) in [4.78, 5) is 4.18. The van der Waals surface area contributed by atoms with Crippen LogP contribution in [0.3, 0.4) is 0 Å². The third-order valence-corrected chi connectivity index (χ3v) is 4.28. The predicted octanol–water partition coefficient (Wildman–Crippen LogP) is 2.71. The van der Waals surface area contributed by atoms with E-state index in [4.69, 9.17) is 0 Å². The molecule has 0 spiro atoms. The van der Waals surface area contributed by atoms with Gasteiger partial charge in [0.15, 0.2) is 0 Å². The van der Waals surface area contributed by atoms with Crippen molar-refractivity contribution in [3.8, 4) is 0 Å². The lowest BCUT2D eigenvalue weighted by Crippen LogP contribution is -2.40. The van der Waals surface area contributed by atoms with Gasteiger partial charge in [0, 0.05) is 17.5 Å². The summed E-state index contributed by atoms with van der Waals surface area (Å²) in [6.07, 6.45) is 5.46. The molecule has 1 saturated heterocycles. The van der Waals surface area contributed by atoms with Gasteiger partial charge in [-0.3, -0.25) is 4.90 Å². The summed E-state index contributed by atoms with van der Waals surface area (Å²) in [5.74, 6) is 0. The number of likely N-dealkylation sites (tertiary alicyclic amines) is 1. The lowest BCUT2D eigenvalue weighted by molar-refractivity contribution is 0.134. The zero-order valence-corrected chi connectivity index (χ0v) is 10.9. The molecule has 2 heterocycles. The fourth-order valence-corrected chi connectivity index (χ4v) is 3.24. The molecule has 16 heavy (non-hydrogen) atoms. The molecule has 3 heteroatoms. The molecule has 90 valence electrons. The summed E-state index contributed by atoms with van der Waals surface area (Å²) < 4.78 is 0. The van der Waals surface area contributed by atoms with E-state index in [0.717, 1.165) is 19.1 Å². The van der Waals surface area contributed by atoms with Crippen LogP contribution in [0.25, 0.3) is 0 Å². The van der Waals surface area contributed by atoms with Crippen LogP contribution in [0.15, 0.2) is 17.5 Å². The number of thiophene rings is 1. The van der Waals surface area contributed by atoms with Gasteiger partial charge >= 0.3 is 0 Å². The van der Waals surface area contributed by atoms with E-state index in [1.807, 2.05) is 18.4 Å². The van der Waals surface area contributed by atoms with Crippen molar-refractivity contribution in [2.24, 2.45) is 0 Å². The molecule has 1 aliphatic heterocycles. The first-order chi connectivity index (χ1) is 7.90. The number of hydrogen-bond donors (Lipinski definition) is 1. The average molecular weight is 238 g/mol. The molecule has 1 unspecified atom stereocenters. The van der Waals surface area contributed by atoms with Crippen LogP contribution >= 0.6 is 11.3 Å². The van der Waals surface area contributed by atoms with Crippen molar-refractivity contribution in [2.75, 3.05) is 20.1 Å². The number of nitrogens with one attached hydrogen (secondary N) is 1. The number of hydrogen-bond acceptors (Lipinski definition) is 3. The molecule has 0 amide bonds. The quantitative estimate of drug-likeness (QED) is 0.848. The first-order valence-corrected chi connectivity index (χ1v) is 7.19. The summed E-state index contributed by atoms with van der Waals surface area (Å²) >= 11 is 1.89. The minimum Gasteiger partial charge on any atom is -0.320 e. The van der Waals surface area contributed by atoms with E-state index >= 15 is 0 Å². The van der Waals surface area contributed by atoms with E-state index in [2.05, 4.69) is 27.7 Å². The van der Waals surface area contributed by atoms with E-state index in [1.165, 1.54) is 37.1 Å². The third kappa shape index (κ3) is 3.30. The molecule has 1 fully saturated rings. The first kappa shape index (κ1) is 12.1. The summed E-state index contributed by atoms with van der Waals surface area (Å²) in [6.45, 7) is 3.59. The Morgan fingerprint density at radius 1 is 1.50 bits per heavy atom. The molecule has 0 aliphatic carbocycles. The first-order valence-electron chi connectivity index (χ1n) is 6.31. The molecule has 0 saturated carbocycles. The Bertz CT molecular complexity index is 284. The molecule has 0 bridgehead atoms. The van der Waals surface area contributed by atoms with Gasteiger partial charge < -0.3 is 5.32 Å². The van der Waals surface area contributed by atoms with Gasteiger partial charge in [0.25, 0.3) is 0 Å². The Morgan fingerprint density at radius 2 is 2.44 bits per heavy atom. The van der Waals surface area contributed by atoms with Gasteiger partial charge in [-0.05, 0) is 50.8 Å². The highest BCUT2D eigenvalue weighted by atomic mass is 32.1. The summed E-state index contributed by atoms with van der Waals surface area (Å²) in [6, 6.07) is 5.21. The summed E-state index contributed by atoms with van der Waals surface area (Å²) in [5.41, 5.74) is 0. The maximum absolute atomic E-state index is 3.27. The van der Waals surface area contributed by atoms with E-state index in [0.29, 0.717) is 0 Å². The third-order valence-electron chi connectivity index (χ3n) is 3.42. The smallest absolute Gasteiger partial charge is 0.0330 e. The minimum absolute atomic E-state index is 0.795. The Kier molecular flexibility index (Phi) is 4.82. The number of piperidine rings is 1. The van der Waals surface area contributed by atoms with Crippen molar-refractivity contribution in [1.82, 2.24) is 10.2 Å². The van der Waals surface area contributed by atoms with Crippen LogP contribution in [0.1, 0.15) is 30.6 Å². The van der Waals surface area contributed by atoms with E-state index in [1.54, 1.807) is 0 Å². The summed E-state index contributed by atoms with van der Waals surface area (Å²) in [7, 11) is 2.05. The second kappa shape index (κ2) is 6.38. The maximum Gasteiger partial charge on any atom is 0.0330 e. The van der Waals surface area contributed by atoms with E-state index in [9.17, 15) is 0 Å². The predicted molar refractivity (Wildman–Crippen MR) is 70.9 cm³/mol. The van der Waals surface area contributed by atoms with Gasteiger partial charge in [-0.25, -0.2) is 0 Å². The van der Waals surface area contributed by atoms with Gasteiger partial charge in [-0.1, -0.05) is 12.5 Å². The largest absolute Gasteiger partial charge is 0.320 e. The van der Waals surface area contributed by atoms with Gasteiger partial charge in [0.05, 0.1) is 0 Å². The van der Waals surface area contributed by atoms with E-state index in [-0.39, 0.29) is 0 Å². The minimum atomic E-state index is 0.795. The van der Waals surface area contributed by atoms with Crippen molar-refractivity contribution in [1.29, 1.82) is 0 Å². The Hall–Kier alpha value is -0.380. The van der Waals surface area contributed by atoms with Crippen molar-refractivity contribution in [2.45, 2.75) is 38.3 Å². The average Bonchev–Trinajstić information content (AvgIpc) is 2.81. The van der Waals surface area contributed by atoms with Crippen molar-refractivity contribution >= 4 is 11.3 Å². The van der Waals surface area contributed by atoms with Crippen molar-refractivity contribution in [3.05, 3.63) is 22.4 Å². The Morgan fingerprint density at radius 3 is 3.19 bits per heavy atom. The molecule has 0 radical (unpaired) electrons. The van der Waals surface area contributed by atoms with Crippen LogP contribution < -0.4 is 5.32 Å². The highest BCUT2D eigenvalue weighted by Crippen LogP contribution is 2.23. The van der Waals surface area contributed by atoms with Crippen LogP contribution in [0, 0.1) is 0 Å². The second-order valence-electron chi connectivity index (χ2n) is 4.59. The van der Waals surface area contributed by atoms with E-state index < -0.39 is 0 Å². The topological polar surface area (TPSA) is 15.3 Å². The molecule has 1 aromatic rings. The zero-order chi connectivity index (χ0) is 11.2. The van der Waals surface area contributed by atoms with Gasteiger partial charge in [0.1, 0.15) is 0 Å². The van der Waals surface area contributed by atoms with Gasteiger partial charge in [0.2, 0.25) is 0 Å². The SMILES string of the molecule is CNCCC1CCCCN1Cc1cccs1. The molecule has 1 atom stereocenters. The highest BCUT2D eigenvalue weighted by molar-refractivity contribution is 7.09. The Balaban J connectivity index is 1.88. The molecule has 1 aliphatic rings. The van der Waals surface area contributed by atoms with Crippen LogP contribution in [0.5, 0.6) is 0 Å². The van der Waals surface area contributed by atoms with Crippen molar-refractivity contribution in [3.63, 3.8) is 0 Å². The lowest BCUT2D eigenvalue weighted by atomic mass is 9.99. The van der Waals surface area contributed by atoms with Crippen LogP contribution in [-0.2, 0) is 6.54 Å².